The second-order valence-electron chi connectivity index (χ2n) is 4.79. The minimum Gasteiger partial charge on any atom is -0.294 e. The molecule has 0 heterocycles. The molecule has 0 spiro atoms. The molecule has 1 saturated carbocycles. The molecule has 1 aromatic carbocycles. The summed E-state index contributed by atoms with van der Waals surface area (Å²) in [6, 6.07) is 9.92. The molecule has 18 heavy (non-hydrogen) atoms. The van der Waals surface area contributed by atoms with E-state index in [4.69, 9.17) is 11.1 Å². The van der Waals surface area contributed by atoms with Crippen molar-refractivity contribution in [3.05, 3.63) is 35.4 Å². The van der Waals surface area contributed by atoms with E-state index in [1.807, 2.05) is 18.2 Å². The van der Waals surface area contributed by atoms with Gasteiger partial charge in [0.1, 0.15) is 0 Å². The van der Waals surface area contributed by atoms with E-state index in [1.54, 1.807) is 0 Å². The van der Waals surface area contributed by atoms with E-state index in [0.29, 0.717) is 11.5 Å². The van der Waals surface area contributed by atoms with Crippen molar-refractivity contribution in [2.24, 2.45) is 11.8 Å². The summed E-state index contributed by atoms with van der Waals surface area (Å²) in [6.45, 7) is 0. The van der Waals surface area contributed by atoms with Crippen LogP contribution in [0.2, 0.25) is 0 Å². The molecule has 4 nitrogen and oxygen atoms in total. The van der Waals surface area contributed by atoms with Gasteiger partial charge >= 0.3 is 0 Å². The predicted molar refractivity (Wildman–Crippen MR) is 68.2 cm³/mol. The third-order valence-electron chi connectivity index (χ3n) is 3.73. The Morgan fingerprint density at radius 3 is 2.67 bits per heavy atom. The van der Waals surface area contributed by atoms with Crippen LogP contribution in [-0.2, 0) is 4.79 Å². The number of nitrogens with one attached hydrogen (secondary N) is 1. The average Bonchev–Trinajstić information content (AvgIpc) is 2.46. The van der Waals surface area contributed by atoms with E-state index in [1.165, 1.54) is 5.56 Å². The number of hydrazine groups is 1. The van der Waals surface area contributed by atoms with Crippen molar-refractivity contribution in [2.45, 2.75) is 31.6 Å². The molecule has 0 atom stereocenters. The number of nitrogens with two attached hydrogens (primary N) is 1. The molecule has 0 unspecified atom stereocenters. The lowest BCUT2D eigenvalue weighted by atomic mass is 9.78. The fraction of sp³-hybridized carbons (Fsp3) is 0.429. The van der Waals surface area contributed by atoms with Crippen LogP contribution in [0.25, 0.3) is 0 Å². The molecule has 1 amide bonds. The SMILES string of the molecule is N#Cc1cccc([C@H]2CC[C@H](C(=O)NN)CC2)c1. The Hall–Kier alpha value is -1.86. The molecule has 0 aromatic heterocycles. The minimum absolute atomic E-state index is 0.0467. The van der Waals surface area contributed by atoms with Gasteiger partial charge in [0.2, 0.25) is 5.91 Å². The summed E-state index contributed by atoms with van der Waals surface area (Å²) in [6.07, 6.45) is 3.69. The third-order valence-corrected chi connectivity index (χ3v) is 3.73. The summed E-state index contributed by atoms with van der Waals surface area (Å²) in [4.78, 5) is 11.4. The second-order valence-corrected chi connectivity index (χ2v) is 4.79. The van der Waals surface area contributed by atoms with Crippen molar-refractivity contribution in [3.63, 3.8) is 0 Å². The first-order chi connectivity index (χ1) is 8.74. The minimum atomic E-state index is -0.0563. The third kappa shape index (κ3) is 2.69. The predicted octanol–water partition coefficient (Wildman–Crippen LogP) is 1.82. The zero-order valence-electron chi connectivity index (χ0n) is 10.2. The molecule has 94 valence electrons. The van der Waals surface area contributed by atoms with Crippen LogP contribution in [0, 0.1) is 17.2 Å². The standard InChI is InChI=1S/C14H17N3O/c15-9-10-2-1-3-13(8-10)11-4-6-12(7-5-11)14(18)17-16/h1-3,8,11-12H,4-7,16H2,(H,17,18)/t11-,12-. The molecule has 1 aromatic rings. The van der Waals surface area contributed by atoms with Gasteiger partial charge in [0.05, 0.1) is 11.6 Å². The summed E-state index contributed by atoms with van der Waals surface area (Å²) >= 11 is 0. The highest BCUT2D eigenvalue weighted by molar-refractivity contribution is 5.78. The summed E-state index contributed by atoms with van der Waals surface area (Å²) in [7, 11) is 0. The highest BCUT2D eigenvalue weighted by Gasteiger charge is 2.26. The average molecular weight is 243 g/mol. The number of nitriles is 1. The lowest BCUT2D eigenvalue weighted by Crippen LogP contribution is -2.37. The molecule has 2 rings (SSSR count). The zero-order chi connectivity index (χ0) is 13.0. The second kappa shape index (κ2) is 5.65. The van der Waals surface area contributed by atoms with Gasteiger partial charge < -0.3 is 0 Å². The number of hydrogen-bond acceptors (Lipinski definition) is 3. The van der Waals surface area contributed by atoms with Gasteiger partial charge in [0.15, 0.2) is 0 Å². The number of benzene rings is 1. The number of hydrogen-bond donors (Lipinski definition) is 2. The summed E-state index contributed by atoms with van der Waals surface area (Å²) in [5.74, 6) is 5.60. The van der Waals surface area contributed by atoms with Crippen LogP contribution >= 0.6 is 0 Å². The van der Waals surface area contributed by atoms with Gasteiger partial charge in [-0.05, 0) is 49.3 Å². The monoisotopic (exact) mass is 243 g/mol. The smallest absolute Gasteiger partial charge is 0.236 e. The Kier molecular flexibility index (Phi) is 3.96. The van der Waals surface area contributed by atoms with Crippen LogP contribution in [-0.4, -0.2) is 5.91 Å². The fourth-order valence-corrected chi connectivity index (χ4v) is 2.67. The normalized spacial score (nSPS) is 23.1. The van der Waals surface area contributed by atoms with Gasteiger partial charge in [-0.3, -0.25) is 10.2 Å². The highest BCUT2D eigenvalue weighted by Crippen LogP contribution is 2.35. The van der Waals surface area contributed by atoms with E-state index in [9.17, 15) is 4.79 Å². The first kappa shape index (κ1) is 12.6. The van der Waals surface area contributed by atoms with E-state index >= 15 is 0 Å². The van der Waals surface area contributed by atoms with Crippen LogP contribution in [0.5, 0.6) is 0 Å². The quantitative estimate of drug-likeness (QED) is 0.472. The number of amides is 1. The first-order valence-electron chi connectivity index (χ1n) is 6.25. The van der Waals surface area contributed by atoms with Crippen molar-refractivity contribution >= 4 is 5.91 Å². The Labute approximate surface area is 107 Å². The maximum Gasteiger partial charge on any atom is 0.236 e. The zero-order valence-corrected chi connectivity index (χ0v) is 10.2. The van der Waals surface area contributed by atoms with Gasteiger partial charge in [0, 0.05) is 5.92 Å². The Morgan fingerprint density at radius 1 is 1.33 bits per heavy atom. The number of rotatable bonds is 2. The molecule has 3 N–H and O–H groups in total. The Morgan fingerprint density at radius 2 is 2.06 bits per heavy atom. The topological polar surface area (TPSA) is 78.9 Å². The Bertz CT molecular complexity index is 470. The van der Waals surface area contributed by atoms with Gasteiger partial charge in [-0.25, -0.2) is 5.84 Å². The lowest BCUT2D eigenvalue weighted by Gasteiger charge is -2.27. The lowest BCUT2D eigenvalue weighted by molar-refractivity contribution is -0.126. The molecule has 0 bridgehead atoms. The van der Waals surface area contributed by atoms with Crippen molar-refractivity contribution in [1.82, 2.24) is 5.43 Å². The highest BCUT2D eigenvalue weighted by atomic mass is 16.2. The fourth-order valence-electron chi connectivity index (χ4n) is 2.67. The Balaban J connectivity index is 2.01. The maximum absolute atomic E-state index is 11.4. The van der Waals surface area contributed by atoms with Crippen LogP contribution in [0.3, 0.4) is 0 Å². The molecule has 1 aliphatic rings. The molecule has 0 aliphatic heterocycles. The van der Waals surface area contributed by atoms with Crippen molar-refractivity contribution < 1.29 is 4.79 Å². The molecule has 0 radical (unpaired) electrons. The van der Waals surface area contributed by atoms with Gasteiger partial charge in [-0.1, -0.05) is 12.1 Å². The summed E-state index contributed by atoms with van der Waals surface area (Å²) in [5.41, 5.74) is 4.14. The summed E-state index contributed by atoms with van der Waals surface area (Å²) in [5, 5.41) is 8.89. The molecule has 4 heteroatoms. The maximum atomic E-state index is 11.4. The molecular weight excluding hydrogens is 226 g/mol. The van der Waals surface area contributed by atoms with Crippen LogP contribution in [0.1, 0.15) is 42.7 Å². The van der Waals surface area contributed by atoms with Crippen molar-refractivity contribution in [3.8, 4) is 6.07 Å². The largest absolute Gasteiger partial charge is 0.294 e. The van der Waals surface area contributed by atoms with E-state index < -0.39 is 0 Å². The van der Waals surface area contributed by atoms with E-state index in [-0.39, 0.29) is 11.8 Å². The van der Waals surface area contributed by atoms with Crippen LogP contribution < -0.4 is 11.3 Å². The molecule has 1 fully saturated rings. The van der Waals surface area contributed by atoms with Crippen molar-refractivity contribution in [1.29, 1.82) is 5.26 Å². The van der Waals surface area contributed by atoms with Crippen LogP contribution in [0.4, 0.5) is 0 Å². The number of carbonyl (C=O) groups excluding carboxylic acids is 1. The van der Waals surface area contributed by atoms with E-state index in [0.717, 1.165) is 25.7 Å². The molecular formula is C14H17N3O. The molecule has 0 saturated heterocycles. The van der Waals surface area contributed by atoms with Gasteiger partial charge in [-0.15, -0.1) is 0 Å². The molecule has 1 aliphatic carbocycles. The number of carbonyl (C=O) groups is 1. The van der Waals surface area contributed by atoms with Crippen LogP contribution in [0.15, 0.2) is 24.3 Å². The first-order valence-corrected chi connectivity index (χ1v) is 6.25. The number of nitrogens with zero attached hydrogens (tertiary/aromatic N) is 1. The summed E-state index contributed by atoms with van der Waals surface area (Å²) < 4.78 is 0. The van der Waals surface area contributed by atoms with Gasteiger partial charge in [0.25, 0.3) is 0 Å². The van der Waals surface area contributed by atoms with E-state index in [2.05, 4.69) is 17.6 Å². The van der Waals surface area contributed by atoms with Gasteiger partial charge in [-0.2, -0.15) is 5.26 Å². The van der Waals surface area contributed by atoms with Crippen molar-refractivity contribution in [2.75, 3.05) is 0 Å².